The van der Waals surface area contributed by atoms with Crippen molar-refractivity contribution >= 4 is 21.4 Å². The monoisotopic (exact) mass is 327 g/mol. The highest BCUT2D eigenvalue weighted by Gasteiger charge is 2.31. The largest absolute Gasteiger partial charge is 0.372 e. The number of aromatic nitrogens is 2. The van der Waals surface area contributed by atoms with Gasteiger partial charge in [-0.25, -0.2) is 0 Å². The van der Waals surface area contributed by atoms with Gasteiger partial charge < -0.3 is 10.1 Å². The van der Waals surface area contributed by atoms with Crippen molar-refractivity contribution in [3.63, 3.8) is 0 Å². The molecule has 1 saturated heterocycles. The van der Waals surface area contributed by atoms with Crippen LogP contribution in [0, 0.1) is 5.92 Å². The molecule has 0 spiro atoms. The van der Waals surface area contributed by atoms with Crippen LogP contribution in [0.2, 0.25) is 0 Å². The van der Waals surface area contributed by atoms with Gasteiger partial charge in [0.05, 0.1) is 5.69 Å². The lowest BCUT2D eigenvalue weighted by Gasteiger charge is -2.19. The molecule has 2 aromatic heterocycles. The van der Waals surface area contributed by atoms with E-state index in [1.807, 2.05) is 29.3 Å². The van der Waals surface area contributed by atoms with E-state index in [4.69, 9.17) is 4.74 Å². The molecule has 1 aliphatic heterocycles. The number of rotatable bonds is 5. The van der Waals surface area contributed by atoms with Crippen LogP contribution in [0.25, 0.3) is 10.1 Å². The van der Waals surface area contributed by atoms with Gasteiger partial charge in [0.1, 0.15) is 6.10 Å². The standard InChI is InChI=1S/C18H21N3OS/c1-21-16(6-8-20-21)18-14(7-9-22-18)11-19-12-15-10-13-4-2-3-5-17(13)23-15/h2-6,8,10,14,18-19H,7,9,11-12H2,1H3/t14-,18+/m0/s1. The van der Waals surface area contributed by atoms with Gasteiger partial charge in [0.25, 0.3) is 0 Å². The lowest BCUT2D eigenvalue weighted by Crippen LogP contribution is -2.25. The zero-order valence-electron chi connectivity index (χ0n) is 13.2. The number of nitrogens with zero attached hydrogens (tertiary/aromatic N) is 2. The van der Waals surface area contributed by atoms with Crippen LogP contribution in [-0.4, -0.2) is 22.9 Å². The highest BCUT2D eigenvalue weighted by atomic mass is 32.1. The summed E-state index contributed by atoms with van der Waals surface area (Å²) in [5.74, 6) is 0.514. The molecule has 0 amide bonds. The van der Waals surface area contributed by atoms with Gasteiger partial charge in [-0.2, -0.15) is 5.10 Å². The molecule has 4 nitrogen and oxygen atoms in total. The van der Waals surface area contributed by atoms with Gasteiger partial charge in [-0.05, 0) is 30.0 Å². The highest BCUT2D eigenvalue weighted by Crippen LogP contribution is 2.33. The minimum absolute atomic E-state index is 0.164. The maximum absolute atomic E-state index is 5.94. The number of ether oxygens (including phenoxy) is 1. The molecule has 1 fully saturated rings. The lowest BCUT2D eigenvalue weighted by atomic mass is 9.99. The molecule has 120 valence electrons. The Balaban J connectivity index is 1.38. The number of nitrogens with one attached hydrogen (secondary N) is 1. The van der Waals surface area contributed by atoms with Crippen molar-refractivity contribution in [1.82, 2.24) is 15.1 Å². The van der Waals surface area contributed by atoms with Crippen molar-refractivity contribution < 1.29 is 4.74 Å². The van der Waals surface area contributed by atoms with Crippen molar-refractivity contribution in [3.8, 4) is 0 Å². The molecular formula is C18H21N3OS. The molecule has 1 aliphatic rings. The second-order valence-electron chi connectivity index (χ2n) is 6.10. The van der Waals surface area contributed by atoms with Crippen LogP contribution in [0.4, 0.5) is 0 Å². The fourth-order valence-corrected chi connectivity index (χ4v) is 4.37. The third kappa shape index (κ3) is 3.04. The first kappa shape index (κ1) is 14.9. The van der Waals surface area contributed by atoms with Gasteiger partial charge in [0.15, 0.2) is 0 Å². The quantitative estimate of drug-likeness (QED) is 0.779. The molecule has 0 aliphatic carbocycles. The predicted octanol–water partition coefficient (Wildman–Crippen LogP) is 3.50. The van der Waals surface area contributed by atoms with E-state index in [0.29, 0.717) is 5.92 Å². The molecule has 0 unspecified atom stereocenters. The molecule has 4 rings (SSSR count). The van der Waals surface area contributed by atoms with Crippen molar-refractivity contribution in [3.05, 3.63) is 53.2 Å². The smallest absolute Gasteiger partial charge is 0.103 e. The van der Waals surface area contributed by atoms with Crippen molar-refractivity contribution in [2.45, 2.75) is 19.1 Å². The van der Waals surface area contributed by atoms with E-state index >= 15 is 0 Å². The topological polar surface area (TPSA) is 39.1 Å². The van der Waals surface area contributed by atoms with Crippen LogP contribution >= 0.6 is 11.3 Å². The van der Waals surface area contributed by atoms with Crippen LogP contribution in [0.15, 0.2) is 42.6 Å². The van der Waals surface area contributed by atoms with Gasteiger partial charge in [0, 0.05) is 48.4 Å². The van der Waals surface area contributed by atoms with Crippen LogP contribution < -0.4 is 5.32 Å². The summed E-state index contributed by atoms with van der Waals surface area (Å²) in [5.41, 5.74) is 1.18. The normalized spacial score (nSPS) is 21.3. The van der Waals surface area contributed by atoms with E-state index in [1.165, 1.54) is 20.7 Å². The summed E-state index contributed by atoms with van der Waals surface area (Å²) in [6.45, 7) is 2.74. The number of hydrogen-bond donors (Lipinski definition) is 1. The van der Waals surface area contributed by atoms with Gasteiger partial charge in [-0.1, -0.05) is 18.2 Å². The van der Waals surface area contributed by atoms with Gasteiger partial charge in [-0.3, -0.25) is 4.68 Å². The molecule has 1 aromatic carbocycles. The van der Waals surface area contributed by atoms with E-state index in [0.717, 1.165) is 26.1 Å². The average Bonchev–Trinajstić information content (AvgIpc) is 3.26. The number of benzene rings is 1. The first-order valence-electron chi connectivity index (χ1n) is 8.09. The van der Waals surface area contributed by atoms with Gasteiger partial charge in [-0.15, -0.1) is 11.3 Å². The van der Waals surface area contributed by atoms with Crippen LogP contribution in [-0.2, 0) is 18.3 Å². The third-order valence-electron chi connectivity index (χ3n) is 4.55. The molecule has 0 bridgehead atoms. The molecule has 3 heterocycles. The first-order chi connectivity index (χ1) is 11.3. The first-order valence-corrected chi connectivity index (χ1v) is 8.90. The van der Waals surface area contributed by atoms with E-state index in [9.17, 15) is 0 Å². The summed E-state index contributed by atoms with van der Waals surface area (Å²) in [4.78, 5) is 1.39. The summed E-state index contributed by atoms with van der Waals surface area (Å²) < 4.78 is 9.23. The molecule has 0 saturated carbocycles. The maximum atomic E-state index is 5.94. The average molecular weight is 327 g/mol. The second-order valence-corrected chi connectivity index (χ2v) is 7.27. The zero-order valence-corrected chi connectivity index (χ0v) is 14.1. The Bertz CT molecular complexity index is 761. The Labute approximate surface area is 140 Å². The van der Waals surface area contributed by atoms with Gasteiger partial charge >= 0.3 is 0 Å². The van der Waals surface area contributed by atoms with E-state index in [-0.39, 0.29) is 6.10 Å². The lowest BCUT2D eigenvalue weighted by molar-refractivity contribution is 0.0838. The molecule has 23 heavy (non-hydrogen) atoms. The van der Waals surface area contributed by atoms with Crippen LogP contribution in [0.5, 0.6) is 0 Å². The number of fused-ring (bicyclic) bond motifs is 1. The Morgan fingerprint density at radius 1 is 1.35 bits per heavy atom. The zero-order chi connectivity index (χ0) is 15.6. The molecule has 1 N–H and O–H groups in total. The Morgan fingerprint density at radius 3 is 3.09 bits per heavy atom. The fraction of sp³-hybridized carbons (Fsp3) is 0.389. The van der Waals surface area contributed by atoms with E-state index < -0.39 is 0 Å². The predicted molar refractivity (Wildman–Crippen MR) is 93.5 cm³/mol. The molecular weight excluding hydrogens is 306 g/mol. The molecule has 0 radical (unpaired) electrons. The molecule has 2 atom stereocenters. The number of aryl methyl sites for hydroxylation is 1. The summed E-state index contributed by atoms with van der Waals surface area (Å²) in [7, 11) is 1.98. The summed E-state index contributed by atoms with van der Waals surface area (Å²) in [6.07, 6.45) is 3.12. The summed E-state index contributed by atoms with van der Waals surface area (Å²) in [5, 5.41) is 9.22. The fourth-order valence-electron chi connectivity index (χ4n) is 3.34. The van der Waals surface area contributed by atoms with E-state index in [2.05, 4.69) is 46.8 Å². The number of hydrogen-bond acceptors (Lipinski definition) is 4. The van der Waals surface area contributed by atoms with Gasteiger partial charge in [0.2, 0.25) is 0 Å². The molecule has 5 heteroatoms. The summed E-state index contributed by atoms with van der Waals surface area (Å²) >= 11 is 1.87. The van der Waals surface area contributed by atoms with Crippen LogP contribution in [0.1, 0.15) is 23.1 Å². The SMILES string of the molecule is Cn1nccc1[C@@H]1OCC[C@H]1CNCc1cc2ccccc2s1. The minimum atomic E-state index is 0.164. The van der Waals surface area contributed by atoms with Crippen molar-refractivity contribution in [2.75, 3.05) is 13.2 Å². The third-order valence-corrected chi connectivity index (χ3v) is 5.66. The Kier molecular flexibility index (Phi) is 4.16. The molecule has 3 aromatic rings. The Hall–Kier alpha value is -1.69. The van der Waals surface area contributed by atoms with Crippen LogP contribution in [0.3, 0.4) is 0 Å². The highest BCUT2D eigenvalue weighted by molar-refractivity contribution is 7.19. The maximum Gasteiger partial charge on any atom is 0.103 e. The van der Waals surface area contributed by atoms with Crippen molar-refractivity contribution in [2.24, 2.45) is 13.0 Å². The Morgan fingerprint density at radius 2 is 2.26 bits per heavy atom. The van der Waals surface area contributed by atoms with Crippen molar-refractivity contribution in [1.29, 1.82) is 0 Å². The minimum Gasteiger partial charge on any atom is -0.372 e. The number of thiophene rings is 1. The van der Waals surface area contributed by atoms with E-state index in [1.54, 1.807) is 0 Å². The summed E-state index contributed by atoms with van der Waals surface area (Å²) in [6, 6.07) is 12.9. The second kappa shape index (κ2) is 6.43.